The van der Waals surface area contributed by atoms with E-state index in [0.29, 0.717) is 13.2 Å². The van der Waals surface area contributed by atoms with Gasteiger partial charge in [0.05, 0.1) is 13.0 Å². The molecule has 1 N–H and O–H groups in total. The number of hydrogen-bond acceptors (Lipinski definition) is 3. The van der Waals surface area contributed by atoms with Crippen molar-refractivity contribution in [2.24, 2.45) is 0 Å². The molecule has 3 nitrogen and oxygen atoms in total. The van der Waals surface area contributed by atoms with E-state index in [1.807, 2.05) is 0 Å². The standard InChI is InChI=1S/C10H21F3N2O/c1-15(8-4-10(11,12)13)7-3-5-14-6-9-16-2/h14H,3-9H2,1-2H3. The van der Waals surface area contributed by atoms with Crippen LogP contribution in [0.25, 0.3) is 0 Å². The largest absolute Gasteiger partial charge is 0.390 e. The van der Waals surface area contributed by atoms with Crippen LogP contribution in [0.1, 0.15) is 12.8 Å². The minimum atomic E-state index is -4.05. The summed E-state index contributed by atoms with van der Waals surface area (Å²) in [4.78, 5) is 1.70. The van der Waals surface area contributed by atoms with Gasteiger partial charge in [0, 0.05) is 20.2 Å². The first-order valence-corrected chi connectivity index (χ1v) is 5.40. The van der Waals surface area contributed by atoms with Gasteiger partial charge in [-0.25, -0.2) is 0 Å². The smallest absolute Gasteiger partial charge is 0.383 e. The quantitative estimate of drug-likeness (QED) is 0.620. The van der Waals surface area contributed by atoms with Crippen LogP contribution in [-0.2, 0) is 4.74 Å². The molecule has 0 radical (unpaired) electrons. The predicted molar refractivity (Wildman–Crippen MR) is 57.5 cm³/mol. The zero-order chi connectivity index (χ0) is 12.4. The fraction of sp³-hybridized carbons (Fsp3) is 1.00. The summed E-state index contributed by atoms with van der Waals surface area (Å²) >= 11 is 0. The summed E-state index contributed by atoms with van der Waals surface area (Å²) in [5, 5.41) is 3.14. The normalized spacial score (nSPS) is 12.4. The van der Waals surface area contributed by atoms with Crippen LogP contribution in [0.4, 0.5) is 13.2 Å². The van der Waals surface area contributed by atoms with Gasteiger partial charge in [-0.1, -0.05) is 0 Å². The van der Waals surface area contributed by atoms with Crippen LogP contribution in [0.15, 0.2) is 0 Å². The zero-order valence-electron chi connectivity index (χ0n) is 9.94. The first-order chi connectivity index (χ1) is 7.45. The van der Waals surface area contributed by atoms with Crippen LogP contribution in [0.5, 0.6) is 0 Å². The molecule has 0 heterocycles. The lowest BCUT2D eigenvalue weighted by atomic mass is 10.3. The highest BCUT2D eigenvalue weighted by Gasteiger charge is 2.26. The Labute approximate surface area is 94.9 Å². The molecule has 0 saturated carbocycles. The summed E-state index contributed by atoms with van der Waals surface area (Å²) in [6.07, 6.45) is -3.94. The highest BCUT2D eigenvalue weighted by molar-refractivity contribution is 4.58. The summed E-state index contributed by atoms with van der Waals surface area (Å²) in [6, 6.07) is 0. The number of alkyl halides is 3. The van der Waals surface area contributed by atoms with Crippen molar-refractivity contribution in [1.29, 1.82) is 0 Å². The van der Waals surface area contributed by atoms with Crippen LogP contribution in [0.3, 0.4) is 0 Å². The molecule has 98 valence electrons. The molecule has 0 unspecified atom stereocenters. The zero-order valence-corrected chi connectivity index (χ0v) is 9.94. The van der Waals surface area contributed by atoms with Crippen molar-refractivity contribution in [2.75, 3.05) is 46.9 Å². The lowest BCUT2D eigenvalue weighted by Gasteiger charge is -2.17. The molecule has 0 saturated heterocycles. The maximum Gasteiger partial charge on any atom is 0.390 e. The molecule has 0 aliphatic rings. The molecular weight excluding hydrogens is 221 g/mol. The minimum Gasteiger partial charge on any atom is -0.383 e. The maximum atomic E-state index is 11.9. The summed E-state index contributed by atoms with van der Waals surface area (Å²) in [6.45, 7) is 2.99. The molecule has 0 aromatic heterocycles. The highest BCUT2D eigenvalue weighted by Crippen LogP contribution is 2.19. The molecule has 0 aliphatic heterocycles. The highest BCUT2D eigenvalue weighted by atomic mass is 19.4. The molecule has 0 aromatic carbocycles. The van der Waals surface area contributed by atoms with Gasteiger partial charge in [-0.05, 0) is 26.6 Å². The van der Waals surface area contributed by atoms with Crippen molar-refractivity contribution in [3.8, 4) is 0 Å². The third-order valence-electron chi connectivity index (χ3n) is 2.15. The fourth-order valence-corrected chi connectivity index (χ4v) is 1.20. The molecule has 0 aromatic rings. The van der Waals surface area contributed by atoms with Gasteiger partial charge < -0.3 is 15.0 Å². The maximum absolute atomic E-state index is 11.9. The molecule has 0 aliphatic carbocycles. The average molecular weight is 242 g/mol. The van der Waals surface area contributed by atoms with Gasteiger partial charge in [-0.2, -0.15) is 13.2 Å². The Morgan fingerprint density at radius 1 is 1.19 bits per heavy atom. The SMILES string of the molecule is COCCNCCCN(C)CCC(F)(F)F. The number of ether oxygens (including phenoxy) is 1. The Bertz CT molecular complexity index is 165. The second-order valence-electron chi connectivity index (χ2n) is 3.76. The van der Waals surface area contributed by atoms with E-state index >= 15 is 0 Å². The van der Waals surface area contributed by atoms with E-state index in [-0.39, 0.29) is 6.54 Å². The number of nitrogens with zero attached hydrogens (tertiary/aromatic N) is 1. The molecule has 0 fully saturated rings. The molecule has 0 bridgehead atoms. The predicted octanol–water partition coefficient (Wildman–Crippen LogP) is 1.50. The van der Waals surface area contributed by atoms with Crippen LogP contribution in [0, 0.1) is 0 Å². The number of hydrogen-bond donors (Lipinski definition) is 1. The van der Waals surface area contributed by atoms with Crippen molar-refractivity contribution in [2.45, 2.75) is 19.0 Å². The summed E-state index contributed by atoms with van der Waals surface area (Å²) in [5.41, 5.74) is 0. The van der Waals surface area contributed by atoms with E-state index in [0.717, 1.165) is 19.5 Å². The van der Waals surface area contributed by atoms with Gasteiger partial charge in [0.2, 0.25) is 0 Å². The molecule has 16 heavy (non-hydrogen) atoms. The Hall–Kier alpha value is -0.330. The van der Waals surface area contributed by atoms with E-state index in [1.54, 1.807) is 19.1 Å². The molecule has 0 rings (SSSR count). The van der Waals surface area contributed by atoms with E-state index in [9.17, 15) is 13.2 Å². The lowest BCUT2D eigenvalue weighted by molar-refractivity contribution is -0.137. The second kappa shape index (κ2) is 8.78. The van der Waals surface area contributed by atoms with E-state index in [4.69, 9.17) is 4.74 Å². The number of methoxy groups -OCH3 is 1. The Morgan fingerprint density at radius 3 is 2.44 bits per heavy atom. The van der Waals surface area contributed by atoms with Crippen LogP contribution >= 0.6 is 0 Å². The van der Waals surface area contributed by atoms with Gasteiger partial charge in [0.25, 0.3) is 0 Å². The molecule has 0 atom stereocenters. The van der Waals surface area contributed by atoms with Crippen molar-refractivity contribution >= 4 is 0 Å². The number of halogens is 3. The third-order valence-corrected chi connectivity index (χ3v) is 2.15. The van der Waals surface area contributed by atoms with Gasteiger partial charge in [-0.15, -0.1) is 0 Å². The number of nitrogens with one attached hydrogen (secondary N) is 1. The first-order valence-electron chi connectivity index (χ1n) is 5.40. The van der Waals surface area contributed by atoms with Crippen LogP contribution in [0.2, 0.25) is 0 Å². The third kappa shape index (κ3) is 11.7. The fourth-order valence-electron chi connectivity index (χ4n) is 1.20. The second-order valence-corrected chi connectivity index (χ2v) is 3.76. The number of rotatable bonds is 9. The Morgan fingerprint density at radius 2 is 1.88 bits per heavy atom. The van der Waals surface area contributed by atoms with Crippen molar-refractivity contribution in [3.63, 3.8) is 0 Å². The Balaban J connectivity index is 3.27. The van der Waals surface area contributed by atoms with Gasteiger partial charge in [0.15, 0.2) is 0 Å². The summed E-state index contributed by atoms with van der Waals surface area (Å²) in [5.74, 6) is 0. The van der Waals surface area contributed by atoms with E-state index < -0.39 is 12.6 Å². The van der Waals surface area contributed by atoms with Crippen molar-refractivity contribution < 1.29 is 17.9 Å². The van der Waals surface area contributed by atoms with E-state index in [2.05, 4.69) is 5.32 Å². The monoisotopic (exact) mass is 242 g/mol. The van der Waals surface area contributed by atoms with Gasteiger partial charge in [-0.3, -0.25) is 0 Å². The summed E-state index contributed by atoms with van der Waals surface area (Å²) in [7, 11) is 3.34. The topological polar surface area (TPSA) is 24.5 Å². The Kier molecular flexibility index (Phi) is 8.60. The van der Waals surface area contributed by atoms with Crippen molar-refractivity contribution in [3.05, 3.63) is 0 Å². The van der Waals surface area contributed by atoms with E-state index in [1.165, 1.54) is 0 Å². The van der Waals surface area contributed by atoms with Gasteiger partial charge in [0.1, 0.15) is 0 Å². The minimum absolute atomic E-state index is 0.0710. The molecule has 6 heteroatoms. The molecule has 0 amide bonds. The first kappa shape index (κ1) is 15.7. The van der Waals surface area contributed by atoms with Gasteiger partial charge >= 0.3 is 6.18 Å². The van der Waals surface area contributed by atoms with Crippen LogP contribution in [-0.4, -0.2) is 58.0 Å². The molecular formula is C10H21F3N2O. The lowest BCUT2D eigenvalue weighted by Crippen LogP contribution is -2.28. The summed E-state index contributed by atoms with van der Waals surface area (Å²) < 4.78 is 40.5. The van der Waals surface area contributed by atoms with Crippen LogP contribution < -0.4 is 5.32 Å². The van der Waals surface area contributed by atoms with Crippen molar-refractivity contribution in [1.82, 2.24) is 10.2 Å². The average Bonchev–Trinajstić information content (AvgIpc) is 2.19. The molecule has 0 spiro atoms.